The fourth-order valence-electron chi connectivity index (χ4n) is 2.08. The maximum Gasteiger partial charge on any atom is 0.0557 e. The van der Waals surface area contributed by atoms with Crippen molar-refractivity contribution in [2.75, 3.05) is 6.54 Å². The zero-order chi connectivity index (χ0) is 10.7. The smallest absolute Gasteiger partial charge is 0.0557 e. The molecule has 0 radical (unpaired) electrons. The minimum Gasteiger partial charge on any atom is -0.323 e. The van der Waals surface area contributed by atoms with Crippen LogP contribution in [0.25, 0.3) is 0 Å². The van der Waals surface area contributed by atoms with Gasteiger partial charge >= 0.3 is 0 Å². The average molecular weight is 203 g/mol. The van der Waals surface area contributed by atoms with Crippen LogP contribution in [-0.4, -0.2) is 23.2 Å². The molecule has 80 valence electrons. The van der Waals surface area contributed by atoms with Crippen LogP contribution in [-0.2, 0) is 6.54 Å². The molecule has 0 saturated carbocycles. The molecule has 0 aliphatic carbocycles. The van der Waals surface area contributed by atoms with E-state index in [4.69, 9.17) is 5.84 Å². The van der Waals surface area contributed by atoms with Crippen LogP contribution in [0.1, 0.15) is 18.9 Å². The van der Waals surface area contributed by atoms with E-state index in [-0.39, 0.29) is 0 Å². The lowest BCUT2D eigenvalue weighted by atomic mass is 10.2. The number of nitrogens with two attached hydrogens (primary N) is 1. The predicted octanol–water partition coefficient (Wildman–Crippen LogP) is 1.60. The van der Waals surface area contributed by atoms with Crippen molar-refractivity contribution in [1.29, 1.82) is 0 Å². The van der Waals surface area contributed by atoms with E-state index in [0.29, 0.717) is 6.04 Å². The lowest BCUT2D eigenvalue weighted by Gasteiger charge is -2.20. The third kappa shape index (κ3) is 2.18. The molecule has 1 aliphatic heterocycles. The lowest BCUT2D eigenvalue weighted by molar-refractivity contribution is 0.281. The molecule has 0 amide bonds. The fourth-order valence-corrected chi connectivity index (χ4v) is 2.08. The summed E-state index contributed by atoms with van der Waals surface area (Å²) < 4.78 is 0. The molecule has 2 rings (SSSR count). The number of hydrazone groups is 1. The summed E-state index contributed by atoms with van der Waals surface area (Å²) in [4.78, 5) is 2.40. The van der Waals surface area contributed by atoms with Crippen LogP contribution < -0.4 is 5.84 Å². The van der Waals surface area contributed by atoms with Crippen LogP contribution in [0.4, 0.5) is 0 Å². The molecular weight excluding hydrogens is 186 g/mol. The summed E-state index contributed by atoms with van der Waals surface area (Å²) in [6.07, 6.45) is 1.00. The molecule has 0 spiro atoms. The van der Waals surface area contributed by atoms with E-state index in [2.05, 4.69) is 41.2 Å². The van der Waals surface area contributed by atoms with Crippen molar-refractivity contribution in [2.24, 2.45) is 10.9 Å². The van der Waals surface area contributed by atoms with Crippen LogP contribution in [0, 0.1) is 0 Å². The van der Waals surface area contributed by atoms with Gasteiger partial charge < -0.3 is 5.84 Å². The van der Waals surface area contributed by atoms with Gasteiger partial charge in [-0.05, 0) is 12.5 Å². The molecule has 3 nitrogen and oxygen atoms in total. The van der Waals surface area contributed by atoms with Gasteiger partial charge in [-0.3, -0.25) is 4.90 Å². The molecular formula is C12H17N3. The highest BCUT2D eigenvalue weighted by atomic mass is 15.2. The maximum absolute atomic E-state index is 5.34. The third-order valence-electron chi connectivity index (χ3n) is 3.08. The van der Waals surface area contributed by atoms with Crippen molar-refractivity contribution in [1.82, 2.24) is 4.90 Å². The second-order valence-corrected chi connectivity index (χ2v) is 4.00. The first-order valence-electron chi connectivity index (χ1n) is 5.36. The zero-order valence-electron chi connectivity index (χ0n) is 9.06. The van der Waals surface area contributed by atoms with Gasteiger partial charge in [-0.1, -0.05) is 30.3 Å². The van der Waals surface area contributed by atoms with Gasteiger partial charge in [-0.25, -0.2) is 0 Å². The van der Waals surface area contributed by atoms with E-state index in [1.165, 1.54) is 5.56 Å². The molecule has 0 aromatic heterocycles. The van der Waals surface area contributed by atoms with Crippen LogP contribution in [0.5, 0.6) is 0 Å². The van der Waals surface area contributed by atoms with E-state index < -0.39 is 0 Å². The Labute approximate surface area is 90.6 Å². The molecule has 1 fully saturated rings. The topological polar surface area (TPSA) is 41.6 Å². The molecule has 1 atom stereocenters. The molecule has 1 aliphatic rings. The minimum atomic E-state index is 0.384. The van der Waals surface area contributed by atoms with E-state index in [0.717, 1.165) is 25.2 Å². The third-order valence-corrected chi connectivity index (χ3v) is 3.08. The molecule has 1 heterocycles. The standard InChI is InChI=1S/C12H17N3/c1-10-12(14-13)7-8-15(10)9-11-5-3-2-4-6-11/h2-6,10H,7-9,13H2,1H3/b14-12+. The summed E-state index contributed by atoms with van der Waals surface area (Å²) in [5.41, 5.74) is 2.47. The van der Waals surface area contributed by atoms with Gasteiger partial charge in [-0.2, -0.15) is 5.10 Å². The van der Waals surface area contributed by atoms with Crippen LogP contribution in [0.15, 0.2) is 35.4 Å². The van der Waals surface area contributed by atoms with Gasteiger partial charge in [0, 0.05) is 25.6 Å². The zero-order valence-corrected chi connectivity index (χ0v) is 9.06. The molecule has 2 N–H and O–H groups in total. The number of hydrogen-bond donors (Lipinski definition) is 1. The fraction of sp³-hybridized carbons (Fsp3) is 0.417. The molecule has 1 aromatic rings. The molecule has 1 unspecified atom stereocenters. The average Bonchev–Trinajstić information content (AvgIpc) is 2.62. The second kappa shape index (κ2) is 4.45. The Hall–Kier alpha value is -1.35. The highest BCUT2D eigenvalue weighted by molar-refractivity contribution is 5.90. The van der Waals surface area contributed by atoms with E-state index in [9.17, 15) is 0 Å². The van der Waals surface area contributed by atoms with Crippen LogP contribution in [0.3, 0.4) is 0 Å². The molecule has 15 heavy (non-hydrogen) atoms. The quantitative estimate of drug-likeness (QED) is 0.586. The number of nitrogens with zero attached hydrogens (tertiary/aromatic N) is 2. The molecule has 1 saturated heterocycles. The first-order chi connectivity index (χ1) is 7.31. The monoisotopic (exact) mass is 203 g/mol. The first-order valence-corrected chi connectivity index (χ1v) is 5.36. The normalized spacial score (nSPS) is 24.9. The summed E-state index contributed by atoms with van der Waals surface area (Å²) in [5.74, 6) is 5.34. The lowest BCUT2D eigenvalue weighted by Crippen LogP contribution is -2.30. The van der Waals surface area contributed by atoms with Crippen molar-refractivity contribution in [3.63, 3.8) is 0 Å². The highest BCUT2D eigenvalue weighted by Gasteiger charge is 2.26. The van der Waals surface area contributed by atoms with Crippen molar-refractivity contribution < 1.29 is 0 Å². The van der Waals surface area contributed by atoms with E-state index >= 15 is 0 Å². The summed E-state index contributed by atoms with van der Waals surface area (Å²) in [6.45, 7) is 4.22. The predicted molar refractivity (Wildman–Crippen MR) is 62.6 cm³/mol. The van der Waals surface area contributed by atoms with Crippen LogP contribution >= 0.6 is 0 Å². The molecule has 0 bridgehead atoms. The Bertz CT molecular complexity index is 345. The van der Waals surface area contributed by atoms with Gasteiger partial charge in [0.15, 0.2) is 0 Å². The first kappa shape index (κ1) is 10.2. The number of hydrogen-bond acceptors (Lipinski definition) is 3. The Kier molecular flexibility index (Phi) is 3.02. The van der Waals surface area contributed by atoms with Crippen molar-refractivity contribution in [2.45, 2.75) is 25.9 Å². The number of likely N-dealkylation sites (tertiary alicyclic amines) is 1. The van der Waals surface area contributed by atoms with Crippen molar-refractivity contribution in [3.05, 3.63) is 35.9 Å². The number of rotatable bonds is 2. The maximum atomic E-state index is 5.34. The summed E-state index contributed by atoms with van der Waals surface area (Å²) in [7, 11) is 0. The van der Waals surface area contributed by atoms with Gasteiger partial charge in [-0.15, -0.1) is 0 Å². The Morgan fingerprint density at radius 2 is 2.13 bits per heavy atom. The van der Waals surface area contributed by atoms with Gasteiger partial charge in [0.2, 0.25) is 0 Å². The van der Waals surface area contributed by atoms with Crippen molar-refractivity contribution >= 4 is 5.71 Å². The van der Waals surface area contributed by atoms with Gasteiger partial charge in [0.25, 0.3) is 0 Å². The van der Waals surface area contributed by atoms with Crippen molar-refractivity contribution in [3.8, 4) is 0 Å². The Balaban J connectivity index is 2.03. The number of benzene rings is 1. The second-order valence-electron chi connectivity index (χ2n) is 4.00. The van der Waals surface area contributed by atoms with E-state index in [1.54, 1.807) is 0 Å². The highest BCUT2D eigenvalue weighted by Crippen LogP contribution is 2.17. The summed E-state index contributed by atoms with van der Waals surface area (Å²) in [5, 5.41) is 3.84. The largest absolute Gasteiger partial charge is 0.323 e. The molecule has 1 aromatic carbocycles. The minimum absolute atomic E-state index is 0.384. The summed E-state index contributed by atoms with van der Waals surface area (Å²) in [6, 6.07) is 10.9. The Morgan fingerprint density at radius 3 is 2.73 bits per heavy atom. The summed E-state index contributed by atoms with van der Waals surface area (Å²) >= 11 is 0. The van der Waals surface area contributed by atoms with Gasteiger partial charge in [0.05, 0.1) is 5.71 Å². The SMILES string of the molecule is CC1/C(=N/N)CCN1Cc1ccccc1. The Morgan fingerprint density at radius 1 is 1.40 bits per heavy atom. The van der Waals surface area contributed by atoms with E-state index in [1.807, 2.05) is 6.07 Å². The van der Waals surface area contributed by atoms with Crippen LogP contribution in [0.2, 0.25) is 0 Å². The van der Waals surface area contributed by atoms with Gasteiger partial charge in [0.1, 0.15) is 0 Å². The molecule has 3 heteroatoms.